The second-order valence-electron chi connectivity index (χ2n) is 3.14. The molecule has 1 aromatic heterocycles. The highest BCUT2D eigenvalue weighted by atomic mass is 15.0. The molecule has 0 aliphatic heterocycles. The third-order valence-corrected chi connectivity index (χ3v) is 1.93. The summed E-state index contributed by atoms with van der Waals surface area (Å²) in [6.45, 7) is 7.50. The SMILES string of the molecule is C=CC(C)Nc1ccc(C)c(C#N)n1. The molecule has 1 atom stereocenters. The van der Waals surface area contributed by atoms with E-state index in [1.165, 1.54) is 0 Å². The lowest BCUT2D eigenvalue weighted by atomic mass is 10.2. The van der Waals surface area contributed by atoms with Gasteiger partial charge in [0, 0.05) is 6.04 Å². The molecular formula is C11H13N3. The second-order valence-corrected chi connectivity index (χ2v) is 3.14. The number of hydrogen-bond donors (Lipinski definition) is 1. The summed E-state index contributed by atoms with van der Waals surface area (Å²) in [5.41, 5.74) is 1.36. The fraction of sp³-hybridized carbons (Fsp3) is 0.273. The van der Waals surface area contributed by atoms with Crippen LogP contribution in [0.5, 0.6) is 0 Å². The smallest absolute Gasteiger partial charge is 0.145 e. The average Bonchev–Trinajstić information content (AvgIpc) is 2.20. The first-order valence-corrected chi connectivity index (χ1v) is 4.44. The van der Waals surface area contributed by atoms with Gasteiger partial charge in [-0.25, -0.2) is 4.98 Å². The lowest BCUT2D eigenvalue weighted by Crippen LogP contribution is -2.12. The van der Waals surface area contributed by atoms with Gasteiger partial charge >= 0.3 is 0 Å². The Morgan fingerprint density at radius 2 is 2.36 bits per heavy atom. The molecule has 3 nitrogen and oxygen atoms in total. The highest BCUT2D eigenvalue weighted by Crippen LogP contribution is 2.10. The quantitative estimate of drug-likeness (QED) is 0.738. The molecule has 72 valence electrons. The van der Waals surface area contributed by atoms with Crippen LogP contribution in [-0.2, 0) is 0 Å². The van der Waals surface area contributed by atoms with Crippen LogP contribution in [0.25, 0.3) is 0 Å². The van der Waals surface area contributed by atoms with Crippen LogP contribution in [0.2, 0.25) is 0 Å². The zero-order valence-electron chi connectivity index (χ0n) is 8.41. The molecule has 0 bridgehead atoms. The van der Waals surface area contributed by atoms with E-state index in [9.17, 15) is 0 Å². The third kappa shape index (κ3) is 2.33. The molecule has 0 aliphatic rings. The minimum Gasteiger partial charge on any atom is -0.364 e. The van der Waals surface area contributed by atoms with Crippen LogP contribution in [0, 0.1) is 18.3 Å². The molecule has 1 unspecified atom stereocenters. The number of hydrogen-bond acceptors (Lipinski definition) is 3. The molecule has 1 aromatic rings. The number of rotatable bonds is 3. The van der Waals surface area contributed by atoms with Crippen molar-refractivity contribution < 1.29 is 0 Å². The van der Waals surface area contributed by atoms with Crippen LogP contribution in [0.3, 0.4) is 0 Å². The molecule has 1 rings (SSSR count). The van der Waals surface area contributed by atoms with Crippen molar-refractivity contribution >= 4 is 5.82 Å². The molecule has 0 saturated carbocycles. The van der Waals surface area contributed by atoms with Crippen LogP contribution in [0.15, 0.2) is 24.8 Å². The Labute approximate surface area is 84.1 Å². The second kappa shape index (κ2) is 4.43. The van der Waals surface area contributed by atoms with Gasteiger partial charge in [0.1, 0.15) is 17.6 Å². The van der Waals surface area contributed by atoms with Gasteiger partial charge in [0.05, 0.1) is 0 Å². The van der Waals surface area contributed by atoms with Gasteiger partial charge in [0.15, 0.2) is 0 Å². The van der Waals surface area contributed by atoms with Gasteiger partial charge in [0.25, 0.3) is 0 Å². The molecule has 0 spiro atoms. The highest BCUT2D eigenvalue weighted by Gasteiger charge is 2.02. The summed E-state index contributed by atoms with van der Waals surface area (Å²) in [5.74, 6) is 0.708. The first kappa shape index (κ1) is 10.3. The van der Waals surface area contributed by atoms with Crippen molar-refractivity contribution in [1.82, 2.24) is 4.98 Å². The van der Waals surface area contributed by atoms with Crippen LogP contribution < -0.4 is 5.32 Å². The van der Waals surface area contributed by atoms with E-state index < -0.39 is 0 Å². The van der Waals surface area contributed by atoms with Crippen molar-refractivity contribution in [2.75, 3.05) is 5.32 Å². The van der Waals surface area contributed by atoms with E-state index in [2.05, 4.69) is 16.9 Å². The predicted octanol–water partition coefficient (Wildman–Crippen LogP) is 2.25. The maximum absolute atomic E-state index is 8.77. The van der Waals surface area contributed by atoms with Crippen molar-refractivity contribution in [3.8, 4) is 6.07 Å². The fourth-order valence-electron chi connectivity index (χ4n) is 1.01. The summed E-state index contributed by atoms with van der Waals surface area (Å²) < 4.78 is 0. The van der Waals surface area contributed by atoms with E-state index in [1.807, 2.05) is 32.0 Å². The largest absolute Gasteiger partial charge is 0.364 e. The van der Waals surface area contributed by atoms with E-state index in [0.29, 0.717) is 11.5 Å². The van der Waals surface area contributed by atoms with Crippen molar-refractivity contribution in [3.05, 3.63) is 36.0 Å². The Morgan fingerprint density at radius 3 is 2.93 bits per heavy atom. The summed E-state index contributed by atoms with van der Waals surface area (Å²) in [4.78, 5) is 4.16. The molecule has 0 radical (unpaired) electrons. The maximum Gasteiger partial charge on any atom is 0.145 e. The van der Waals surface area contributed by atoms with E-state index in [0.717, 1.165) is 5.56 Å². The lowest BCUT2D eigenvalue weighted by molar-refractivity contribution is 0.980. The summed E-state index contributed by atoms with van der Waals surface area (Å²) in [7, 11) is 0. The Morgan fingerprint density at radius 1 is 1.64 bits per heavy atom. The molecule has 0 aromatic carbocycles. The number of nitriles is 1. The van der Waals surface area contributed by atoms with E-state index in [-0.39, 0.29) is 6.04 Å². The minimum atomic E-state index is 0.150. The normalized spacial score (nSPS) is 11.5. The monoisotopic (exact) mass is 187 g/mol. The van der Waals surface area contributed by atoms with Crippen LogP contribution >= 0.6 is 0 Å². The third-order valence-electron chi connectivity index (χ3n) is 1.93. The van der Waals surface area contributed by atoms with Gasteiger partial charge in [-0.1, -0.05) is 12.1 Å². The first-order chi connectivity index (χ1) is 6.67. The first-order valence-electron chi connectivity index (χ1n) is 4.44. The van der Waals surface area contributed by atoms with Crippen molar-refractivity contribution in [2.24, 2.45) is 0 Å². The van der Waals surface area contributed by atoms with Gasteiger partial charge < -0.3 is 5.32 Å². The van der Waals surface area contributed by atoms with Gasteiger partial charge in [-0.05, 0) is 25.5 Å². The Kier molecular flexibility index (Phi) is 3.24. The fourth-order valence-corrected chi connectivity index (χ4v) is 1.01. The van der Waals surface area contributed by atoms with Gasteiger partial charge in [-0.3, -0.25) is 0 Å². The molecule has 0 fully saturated rings. The van der Waals surface area contributed by atoms with Gasteiger partial charge in [-0.15, -0.1) is 6.58 Å². The number of pyridine rings is 1. The summed E-state index contributed by atoms with van der Waals surface area (Å²) in [6.07, 6.45) is 1.79. The van der Waals surface area contributed by atoms with E-state index in [4.69, 9.17) is 5.26 Å². The zero-order chi connectivity index (χ0) is 10.6. The topological polar surface area (TPSA) is 48.7 Å². The summed E-state index contributed by atoms with van der Waals surface area (Å²) in [6, 6.07) is 5.94. The molecule has 0 aliphatic carbocycles. The van der Waals surface area contributed by atoms with Crippen LogP contribution in [0.1, 0.15) is 18.2 Å². The molecule has 0 saturated heterocycles. The van der Waals surface area contributed by atoms with Crippen LogP contribution in [0.4, 0.5) is 5.82 Å². The Bertz CT molecular complexity index is 377. The Balaban J connectivity index is 2.91. The minimum absolute atomic E-state index is 0.150. The van der Waals surface area contributed by atoms with Gasteiger partial charge in [-0.2, -0.15) is 5.26 Å². The molecule has 1 heterocycles. The number of nitrogens with one attached hydrogen (secondary N) is 1. The number of aromatic nitrogens is 1. The highest BCUT2D eigenvalue weighted by molar-refractivity contribution is 5.43. The van der Waals surface area contributed by atoms with Crippen molar-refractivity contribution in [1.29, 1.82) is 5.26 Å². The molecule has 14 heavy (non-hydrogen) atoms. The number of nitrogens with zero attached hydrogens (tertiary/aromatic N) is 2. The van der Waals surface area contributed by atoms with Crippen molar-refractivity contribution in [2.45, 2.75) is 19.9 Å². The molecule has 3 heteroatoms. The van der Waals surface area contributed by atoms with E-state index >= 15 is 0 Å². The Hall–Kier alpha value is -1.82. The maximum atomic E-state index is 8.77. The zero-order valence-corrected chi connectivity index (χ0v) is 8.41. The van der Waals surface area contributed by atoms with Gasteiger partial charge in [0.2, 0.25) is 0 Å². The predicted molar refractivity (Wildman–Crippen MR) is 57.0 cm³/mol. The van der Waals surface area contributed by atoms with Crippen molar-refractivity contribution in [3.63, 3.8) is 0 Å². The van der Waals surface area contributed by atoms with E-state index in [1.54, 1.807) is 6.08 Å². The molecule has 1 N–H and O–H groups in total. The summed E-state index contributed by atoms with van der Waals surface area (Å²) in [5, 5.41) is 11.9. The molecule has 0 amide bonds. The average molecular weight is 187 g/mol. The lowest BCUT2D eigenvalue weighted by Gasteiger charge is -2.10. The standard InChI is InChI=1S/C11H13N3/c1-4-9(3)13-11-6-5-8(2)10(7-12)14-11/h4-6,9H,1H2,2-3H3,(H,13,14). The molecular weight excluding hydrogens is 174 g/mol. The summed E-state index contributed by atoms with van der Waals surface area (Å²) >= 11 is 0. The number of aryl methyl sites for hydroxylation is 1. The number of anilines is 1. The van der Waals surface area contributed by atoms with Crippen LogP contribution in [-0.4, -0.2) is 11.0 Å².